The number of benzene rings is 5. The van der Waals surface area contributed by atoms with Gasteiger partial charge < -0.3 is 4.42 Å². The van der Waals surface area contributed by atoms with Crippen LogP contribution in [0.15, 0.2) is 144 Å². The zero-order valence-electron chi connectivity index (χ0n) is 24.0. The van der Waals surface area contributed by atoms with E-state index in [0.717, 1.165) is 61.0 Å². The first kappa shape index (κ1) is 25.7. The average molecular weight is 567 g/mol. The summed E-state index contributed by atoms with van der Waals surface area (Å²) < 4.78 is 6.39. The van der Waals surface area contributed by atoms with Crippen LogP contribution in [0.25, 0.3) is 78.5 Å². The summed E-state index contributed by atoms with van der Waals surface area (Å²) in [7, 11) is 0. The second-order valence-corrected chi connectivity index (χ2v) is 10.8. The van der Waals surface area contributed by atoms with E-state index < -0.39 is 0 Å². The average Bonchev–Trinajstić information content (AvgIpc) is 3.47. The van der Waals surface area contributed by atoms with Crippen molar-refractivity contribution in [3.8, 4) is 56.5 Å². The van der Waals surface area contributed by atoms with Gasteiger partial charge in [0.2, 0.25) is 0 Å². The largest absolute Gasteiger partial charge is 0.456 e. The Morgan fingerprint density at radius 1 is 0.477 bits per heavy atom. The van der Waals surface area contributed by atoms with Crippen LogP contribution >= 0.6 is 0 Å². The fourth-order valence-electron chi connectivity index (χ4n) is 5.67. The summed E-state index contributed by atoms with van der Waals surface area (Å²) in [6, 6.07) is 45.1. The maximum Gasteiger partial charge on any atom is 0.165 e. The van der Waals surface area contributed by atoms with Crippen LogP contribution < -0.4 is 0 Å². The molecule has 0 aliphatic carbocycles. The normalized spacial score (nSPS) is 11.3. The topological polar surface area (TPSA) is 64.7 Å². The Morgan fingerprint density at radius 2 is 1.14 bits per heavy atom. The van der Waals surface area contributed by atoms with Gasteiger partial charge in [-0.15, -0.1) is 0 Å². The quantitative estimate of drug-likeness (QED) is 0.207. The molecule has 0 radical (unpaired) electrons. The van der Waals surface area contributed by atoms with Crippen LogP contribution in [0.5, 0.6) is 0 Å². The molecule has 3 heterocycles. The summed E-state index contributed by atoms with van der Waals surface area (Å²) in [5, 5.41) is 2.15. The molecule has 0 saturated heterocycles. The molecule has 0 unspecified atom stereocenters. The second-order valence-electron chi connectivity index (χ2n) is 10.8. The highest BCUT2D eigenvalue weighted by Crippen LogP contribution is 2.38. The van der Waals surface area contributed by atoms with Crippen LogP contribution in [0, 0.1) is 6.92 Å². The fourth-order valence-corrected chi connectivity index (χ4v) is 5.67. The fraction of sp³-hybridized carbons (Fsp3) is 0.0256. The van der Waals surface area contributed by atoms with E-state index in [9.17, 15) is 0 Å². The lowest BCUT2D eigenvalue weighted by molar-refractivity contribution is 0.669. The van der Waals surface area contributed by atoms with E-state index in [1.54, 1.807) is 0 Å². The second kappa shape index (κ2) is 10.7. The Labute approximate surface area is 254 Å². The molecule has 3 aromatic heterocycles. The Bertz CT molecular complexity index is 2270. The number of aryl methyl sites for hydroxylation is 1. The first-order chi connectivity index (χ1) is 21.7. The van der Waals surface area contributed by atoms with Gasteiger partial charge in [0.05, 0.1) is 5.69 Å². The molecule has 8 rings (SSSR count). The van der Waals surface area contributed by atoms with Crippen LogP contribution in [0.4, 0.5) is 0 Å². The molecule has 208 valence electrons. The SMILES string of the molecule is Cc1cccc(-c2ccc(-c3nc(-c4ccccc4)nc(-c4ccc5c(c4)oc4cccc(-c6ccccc6)c45)n3)cn2)c1. The van der Waals surface area contributed by atoms with Crippen molar-refractivity contribution >= 4 is 21.9 Å². The molecule has 0 fully saturated rings. The zero-order valence-corrected chi connectivity index (χ0v) is 24.0. The summed E-state index contributed by atoms with van der Waals surface area (Å²) in [5.41, 5.74) is 9.69. The lowest BCUT2D eigenvalue weighted by atomic mass is 9.99. The van der Waals surface area contributed by atoms with Gasteiger partial charge in [-0.1, -0.05) is 103 Å². The predicted molar refractivity (Wildman–Crippen MR) is 177 cm³/mol. The number of hydrogen-bond acceptors (Lipinski definition) is 5. The maximum atomic E-state index is 6.39. The highest BCUT2D eigenvalue weighted by atomic mass is 16.3. The molecule has 44 heavy (non-hydrogen) atoms. The third-order valence-electron chi connectivity index (χ3n) is 7.84. The lowest BCUT2D eigenvalue weighted by Gasteiger charge is -2.09. The van der Waals surface area contributed by atoms with Gasteiger partial charge in [0.15, 0.2) is 17.5 Å². The van der Waals surface area contributed by atoms with Crippen molar-refractivity contribution in [1.82, 2.24) is 19.9 Å². The summed E-state index contributed by atoms with van der Waals surface area (Å²) in [4.78, 5) is 19.5. The number of pyridine rings is 1. The summed E-state index contributed by atoms with van der Waals surface area (Å²) >= 11 is 0. The van der Waals surface area contributed by atoms with Crippen molar-refractivity contribution < 1.29 is 4.42 Å². The van der Waals surface area contributed by atoms with Gasteiger partial charge in [-0.2, -0.15) is 0 Å². The van der Waals surface area contributed by atoms with Crippen molar-refractivity contribution in [2.45, 2.75) is 6.92 Å². The Balaban J connectivity index is 1.25. The minimum absolute atomic E-state index is 0.563. The molecule has 5 aromatic carbocycles. The molecule has 0 amide bonds. The van der Waals surface area contributed by atoms with Gasteiger partial charge in [-0.25, -0.2) is 15.0 Å². The molecular weight excluding hydrogens is 540 g/mol. The van der Waals surface area contributed by atoms with Gasteiger partial charge >= 0.3 is 0 Å². The molecule has 0 saturated carbocycles. The molecule has 8 aromatic rings. The molecule has 0 atom stereocenters. The van der Waals surface area contributed by atoms with Crippen molar-refractivity contribution in [3.05, 3.63) is 145 Å². The van der Waals surface area contributed by atoms with E-state index in [1.165, 1.54) is 5.56 Å². The summed E-state index contributed by atoms with van der Waals surface area (Å²) in [6.45, 7) is 2.08. The number of fused-ring (bicyclic) bond motifs is 3. The maximum absolute atomic E-state index is 6.39. The van der Waals surface area contributed by atoms with Gasteiger partial charge in [0.25, 0.3) is 0 Å². The van der Waals surface area contributed by atoms with E-state index in [0.29, 0.717) is 17.5 Å². The van der Waals surface area contributed by atoms with Crippen LogP contribution in [-0.4, -0.2) is 19.9 Å². The van der Waals surface area contributed by atoms with E-state index in [1.807, 2.05) is 79.0 Å². The lowest BCUT2D eigenvalue weighted by Crippen LogP contribution is -2.00. The van der Waals surface area contributed by atoms with Crippen LogP contribution in [0.2, 0.25) is 0 Å². The molecule has 0 aliphatic rings. The zero-order chi connectivity index (χ0) is 29.5. The number of hydrogen-bond donors (Lipinski definition) is 0. The van der Waals surface area contributed by atoms with Crippen LogP contribution in [0.1, 0.15) is 5.56 Å². The first-order valence-electron chi connectivity index (χ1n) is 14.6. The molecule has 0 N–H and O–H groups in total. The van der Waals surface area contributed by atoms with Crippen molar-refractivity contribution in [1.29, 1.82) is 0 Å². The van der Waals surface area contributed by atoms with Crippen LogP contribution in [0.3, 0.4) is 0 Å². The third kappa shape index (κ3) is 4.71. The van der Waals surface area contributed by atoms with Gasteiger partial charge in [0.1, 0.15) is 11.2 Å². The number of furan rings is 1. The predicted octanol–water partition coefficient (Wildman–Crippen LogP) is 9.81. The van der Waals surface area contributed by atoms with Gasteiger partial charge in [0, 0.05) is 39.2 Å². The standard InChI is InChI=1S/C39H26N4O/c1-25-10-8-15-28(22-25)33-21-19-30(24-40-33)39-42-37(27-13-6-3-7-14-27)41-38(43-39)29-18-20-32-35(23-29)44-34-17-9-16-31(36(32)34)26-11-4-2-5-12-26/h2-24H,1H3. The molecule has 5 heteroatoms. The van der Waals surface area contributed by atoms with Crippen molar-refractivity contribution in [3.63, 3.8) is 0 Å². The minimum Gasteiger partial charge on any atom is -0.456 e. The minimum atomic E-state index is 0.563. The van der Waals surface area contributed by atoms with Gasteiger partial charge in [-0.3, -0.25) is 4.98 Å². The van der Waals surface area contributed by atoms with E-state index >= 15 is 0 Å². The number of aromatic nitrogens is 4. The molecule has 0 spiro atoms. The molecular formula is C39H26N4O. The molecule has 5 nitrogen and oxygen atoms in total. The number of rotatable bonds is 5. The molecule has 0 aliphatic heterocycles. The highest BCUT2D eigenvalue weighted by molar-refractivity contribution is 6.12. The molecule has 0 bridgehead atoms. The van der Waals surface area contributed by atoms with E-state index in [4.69, 9.17) is 24.4 Å². The van der Waals surface area contributed by atoms with Crippen molar-refractivity contribution in [2.24, 2.45) is 0 Å². The summed E-state index contributed by atoms with van der Waals surface area (Å²) in [5.74, 6) is 1.74. The van der Waals surface area contributed by atoms with Crippen molar-refractivity contribution in [2.75, 3.05) is 0 Å². The highest BCUT2D eigenvalue weighted by Gasteiger charge is 2.16. The Hall–Kier alpha value is -5.94. The third-order valence-corrected chi connectivity index (χ3v) is 7.84. The van der Waals surface area contributed by atoms with Crippen LogP contribution in [-0.2, 0) is 0 Å². The monoisotopic (exact) mass is 566 g/mol. The van der Waals surface area contributed by atoms with Gasteiger partial charge in [-0.05, 0) is 54.4 Å². The smallest absolute Gasteiger partial charge is 0.165 e. The first-order valence-corrected chi connectivity index (χ1v) is 14.6. The van der Waals surface area contributed by atoms with E-state index in [-0.39, 0.29) is 0 Å². The Morgan fingerprint density at radius 3 is 1.86 bits per heavy atom. The summed E-state index contributed by atoms with van der Waals surface area (Å²) in [6.07, 6.45) is 1.83. The Kier molecular flexibility index (Phi) is 6.27. The van der Waals surface area contributed by atoms with E-state index in [2.05, 4.69) is 67.6 Å². The number of nitrogens with zero attached hydrogens (tertiary/aromatic N) is 4.